The van der Waals surface area contributed by atoms with Crippen LogP contribution in [0.15, 0.2) is 24.3 Å². The van der Waals surface area contributed by atoms with Crippen LogP contribution in [0.4, 0.5) is 0 Å². The van der Waals surface area contributed by atoms with E-state index >= 15 is 0 Å². The van der Waals surface area contributed by atoms with Gasteiger partial charge in [-0.25, -0.2) is 0 Å². The molecule has 0 aromatic heterocycles. The van der Waals surface area contributed by atoms with Gasteiger partial charge in [0, 0.05) is 6.54 Å². The maximum Gasteiger partial charge on any atom is 0.224 e. The van der Waals surface area contributed by atoms with Crippen molar-refractivity contribution in [1.29, 1.82) is 0 Å². The summed E-state index contributed by atoms with van der Waals surface area (Å²) in [6.45, 7) is 1.08. The van der Waals surface area contributed by atoms with E-state index in [2.05, 4.69) is 5.32 Å². The van der Waals surface area contributed by atoms with Gasteiger partial charge in [0.1, 0.15) is 5.75 Å². The van der Waals surface area contributed by atoms with Gasteiger partial charge >= 0.3 is 0 Å². The predicted molar refractivity (Wildman–Crippen MR) is 68.5 cm³/mol. The van der Waals surface area contributed by atoms with E-state index in [1.807, 2.05) is 24.3 Å². The summed E-state index contributed by atoms with van der Waals surface area (Å²) < 4.78 is 5.62. The summed E-state index contributed by atoms with van der Waals surface area (Å²) >= 11 is 0. The number of rotatable bonds is 7. The summed E-state index contributed by atoms with van der Waals surface area (Å²) in [6, 6.07) is 7.61. The zero-order valence-electron chi connectivity index (χ0n) is 10.4. The lowest BCUT2D eigenvalue weighted by Gasteiger charge is -2.07. The average molecular weight is 249 g/mol. The zero-order valence-corrected chi connectivity index (χ0v) is 10.4. The highest BCUT2D eigenvalue weighted by molar-refractivity contribution is 5.78. The fourth-order valence-electron chi connectivity index (χ4n) is 1.65. The Morgan fingerprint density at radius 2 is 2.06 bits per heavy atom. The first-order valence-corrected chi connectivity index (χ1v) is 6.37. The molecule has 0 aliphatic heterocycles. The number of carbonyl (C=O) groups excluding carboxylic acids is 1. The van der Waals surface area contributed by atoms with E-state index in [4.69, 9.17) is 9.84 Å². The Labute approximate surface area is 107 Å². The summed E-state index contributed by atoms with van der Waals surface area (Å²) in [5.41, 5.74) is 0.948. The second kappa shape index (κ2) is 6.40. The molecule has 0 unspecified atom stereocenters. The molecule has 0 atom stereocenters. The topological polar surface area (TPSA) is 58.6 Å². The fourth-order valence-corrected chi connectivity index (χ4v) is 1.65. The molecule has 1 fully saturated rings. The lowest BCUT2D eigenvalue weighted by molar-refractivity contribution is -0.120. The van der Waals surface area contributed by atoms with Crippen LogP contribution in [-0.4, -0.2) is 30.8 Å². The van der Waals surface area contributed by atoms with Crippen LogP contribution in [0.2, 0.25) is 0 Å². The van der Waals surface area contributed by atoms with Gasteiger partial charge in [0.25, 0.3) is 0 Å². The standard InChI is InChI=1S/C14H19NO3/c16-8-7-15-14(17)9-11-3-5-13(6-4-11)18-10-12-1-2-12/h3-6,12,16H,1-2,7-10H2,(H,15,17). The van der Waals surface area contributed by atoms with Gasteiger partial charge in [-0.2, -0.15) is 0 Å². The first kappa shape index (κ1) is 12.9. The summed E-state index contributed by atoms with van der Waals surface area (Å²) in [5.74, 6) is 1.53. The quantitative estimate of drug-likeness (QED) is 0.761. The fraction of sp³-hybridized carbons (Fsp3) is 0.500. The molecule has 2 N–H and O–H groups in total. The number of hydrogen-bond donors (Lipinski definition) is 2. The molecule has 0 spiro atoms. The Morgan fingerprint density at radius 3 is 2.67 bits per heavy atom. The molecule has 4 nitrogen and oxygen atoms in total. The molecule has 18 heavy (non-hydrogen) atoms. The number of benzene rings is 1. The Balaban J connectivity index is 1.77. The number of amides is 1. The zero-order chi connectivity index (χ0) is 12.8. The maximum atomic E-state index is 11.4. The van der Waals surface area contributed by atoms with Gasteiger partial charge in [0.2, 0.25) is 5.91 Å². The maximum absolute atomic E-state index is 11.4. The molecule has 0 radical (unpaired) electrons. The minimum atomic E-state index is -0.0734. The number of nitrogens with one attached hydrogen (secondary N) is 1. The second-order valence-electron chi connectivity index (χ2n) is 4.65. The molecular formula is C14H19NO3. The van der Waals surface area contributed by atoms with E-state index in [9.17, 15) is 4.79 Å². The molecular weight excluding hydrogens is 230 g/mol. The highest BCUT2D eigenvalue weighted by Gasteiger charge is 2.21. The van der Waals surface area contributed by atoms with Crippen molar-refractivity contribution >= 4 is 5.91 Å². The van der Waals surface area contributed by atoms with Gasteiger partial charge in [0.15, 0.2) is 0 Å². The highest BCUT2D eigenvalue weighted by Crippen LogP contribution is 2.29. The Bertz CT molecular complexity index is 385. The highest BCUT2D eigenvalue weighted by atomic mass is 16.5. The van der Waals surface area contributed by atoms with Crippen molar-refractivity contribution < 1.29 is 14.6 Å². The molecule has 0 saturated heterocycles. The molecule has 1 aliphatic rings. The van der Waals surface area contributed by atoms with Gasteiger partial charge < -0.3 is 15.2 Å². The lowest BCUT2D eigenvalue weighted by atomic mass is 10.1. The monoisotopic (exact) mass is 249 g/mol. The van der Waals surface area contributed by atoms with Crippen LogP contribution < -0.4 is 10.1 Å². The summed E-state index contributed by atoms with van der Waals surface area (Å²) in [5, 5.41) is 11.2. The third-order valence-electron chi connectivity index (χ3n) is 2.90. The molecule has 1 saturated carbocycles. The molecule has 98 valence electrons. The molecule has 1 aromatic rings. The lowest BCUT2D eigenvalue weighted by Crippen LogP contribution is -2.27. The van der Waals surface area contributed by atoms with Crippen LogP contribution in [0.1, 0.15) is 18.4 Å². The van der Waals surface area contributed by atoms with Gasteiger partial charge in [-0.15, -0.1) is 0 Å². The number of ether oxygens (including phenoxy) is 1. The van der Waals surface area contributed by atoms with Crippen molar-refractivity contribution in [3.8, 4) is 5.75 Å². The SMILES string of the molecule is O=C(Cc1ccc(OCC2CC2)cc1)NCCO. The van der Waals surface area contributed by atoms with Crippen molar-refractivity contribution in [3.63, 3.8) is 0 Å². The molecule has 4 heteroatoms. The second-order valence-corrected chi connectivity index (χ2v) is 4.65. The van der Waals surface area contributed by atoms with Crippen molar-refractivity contribution in [2.75, 3.05) is 19.8 Å². The van der Waals surface area contributed by atoms with E-state index in [0.717, 1.165) is 23.8 Å². The minimum absolute atomic E-state index is 0.0281. The van der Waals surface area contributed by atoms with Crippen molar-refractivity contribution in [2.24, 2.45) is 5.92 Å². The van der Waals surface area contributed by atoms with Gasteiger partial charge in [-0.1, -0.05) is 12.1 Å². The summed E-state index contributed by atoms with van der Waals surface area (Å²) in [4.78, 5) is 11.4. The number of hydrogen-bond acceptors (Lipinski definition) is 3. The average Bonchev–Trinajstić information content (AvgIpc) is 3.20. The van der Waals surface area contributed by atoms with Crippen LogP contribution in [-0.2, 0) is 11.2 Å². The Kier molecular flexibility index (Phi) is 4.59. The molecule has 1 aromatic carbocycles. The van der Waals surface area contributed by atoms with Crippen LogP contribution in [0.3, 0.4) is 0 Å². The molecule has 0 bridgehead atoms. The van der Waals surface area contributed by atoms with Crippen molar-refractivity contribution in [2.45, 2.75) is 19.3 Å². The minimum Gasteiger partial charge on any atom is -0.493 e. The van der Waals surface area contributed by atoms with E-state index in [0.29, 0.717) is 13.0 Å². The van der Waals surface area contributed by atoms with Crippen LogP contribution in [0.25, 0.3) is 0 Å². The van der Waals surface area contributed by atoms with Gasteiger partial charge in [0.05, 0.1) is 19.6 Å². The third-order valence-corrected chi connectivity index (χ3v) is 2.90. The van der Waals surface area contributed by atoms with Crippen molar-refractivity contribution in [1.82, 2.24) is 5.32 Å². The molecule has 2 rings (SSSR count). The van der Waals surface area contributed by atoms with E-state index < -0.39 is 0 Å². The molecule has 0 heterocycles. The number of aliphatic hydroxyl groups excluding tert-OH is 1. The summed E-state index contributed by atoms with van der Waals surface area (Å²) in [7, 11) is 0. The van der Waals surface area contributed by atoms with E-state index in [1.54, 1.807) is 0 Å². The van der Waals surface area contributed by atoms with Crippen LogP contribution in [0, 0.1) is 5.92 Å². The molecule has 1 aliphatic carbocycles. The van der Waals surface area contributed by atoms with Crippen LogP contribution >= 0.6 is 0 Å². The smallest absolute Gasteiger partial charge is 0.224 e. The first-order valence-electron chi connectivity index (χ1n) is 6.37. The number of aliphatic hydroxyl groups is 1. The third kappa shape index (κ3) is 4.37. The van der Waals surface area contributed by atoms with Crippen LogP contribution in [0.5, 0.6) is 5.75 Å². The number of carbonyl (C=O) groups is 1. The predicted octanol–water partition coefficient (Wildman–Crippen LogP) is 1.13. The molecule has 1 amide bonds. The normalized spacial score (nSPS) is 14.3. The largest absolute Gasteiger partial charge is 0.493 e. The Morgan fingerprint density at radius 1 is 1.33 bits per heavy atom. The van der Waals surface area contributed by atoms with E-state index in [-0.39, 0.29) is 12.5 Å². The van der Waals surface area contributed by atoms with E-state index in [1.165, 1.54) is 12.8 Å². The first-order chi connectivity index (χ1) is 8.78. The summed E-state index contributed by atoms with van der Waals surface area (Å²) in [6.07, 6.45) is 2.90. The van der Waals surface area contributed by atoms with Gasteiger partial charge in [-0.3, -0.25) is 4.79 Å². The Hall–Kier alpha value is -1.55. The van der Waals surface area contributed by atoms with Gasteiger partial charge in [-0.05, 0) is 36.5 Å². The van der Waals surface area contributed by atoms with Crippen molar-refractivity contribution in [3.05, 3.63) is 29.8 Å².